The van der Waals surface area contributed by atoms with Crippen LogP contribution in [0.1, 0.15) is 46.7 Å². The third-order valence-corrected chi connectivity index (χ3v) is 5.92. The van der Waals surface area contributed by atoms with Crippen LogP contribution in [-0.4, -0.2) is 59.9 Å². The molecule has 2 aromatic rings. The molecule has 0 saturated carbocycles. The summed E-state index contributed by atoms with van der Waals surface area (Å²) in [5.74, 6) is -1.20. The quantitative estimate of drug-likeness (QED) is 0.671. The standard InChI is InChI=1S/C25H27N3O5/c29-23-9-8-21(24(30)26-23)28-15-20-19(25(28)31)2-1-3-22(20)33-16-18-6-4-17(5-7-18)14-27-10-12-32-13-11-27/h1-7,21H,8-16H2,(H,26,29,30)/i4D,14D2,16D2. The minimum atomic E-state index is -2.40. The Bertz CT molecular complexity index is 1300. The summed E-state index contributed by atoms with van der Waals surface area (Å²) in [6.45, 7) is -2.75. The lowest BCUT2D eigenvalue weighted by atomic mass is 10.0. The van der Waals surface area contributed by atoms with Crippen molar-refractivity contribution in [1.82, 2.24) is 15.1 Å². The van der Waals surface area contributed by atoms with Crippen molar-refractivity contribution < 1.29 is 30.7 Å². The number of nitrogens with zero attached hydrogens (tertiary/aromatic N) is 2. The first-order valence-electron chi connectivity index (χ1n) is 13.4. The van der Waals surface area contributed by atoms with Crippen LogP contribution in [-0.2, 0) is 33.9 Å². The van der Waals surface area contributed by atoms with Gasteiger partial charge in [-0.2, -0.15) is 0 Å². The molecule has 1 N–H and O–H groups in total. The van der Waals surface area contributed by atoms with Crippen LogP contribution >= 0.6 is 0 Å². The topological polar surface area (TPSA) is 88.2 Å². The second kappa shape index (κ2) is 9.33. The fraction of sp³-hybridized carbons (Fsp3) is 0.400. The Morgan fingerprint density at radius 2 is 1.94 bits per heavy atom. The predicted octanol–water partition coefficient (Wildman–Crippen LogP) is 1.86. The molecule has 2 saturated heterocycles. The molecule has 2 fully saturated rings. The van der Waals surface area contributed by atoms with E-state index < -0.39 is 30.9 Å². The van der Waals surface area contributed by atoms with Gasteiger partial charge < -0.3 is 14.4 Å². The molecule has 3 aliphatic rings. The summed E-state index contributed by atoms with van der Waals surface area (Å²) < 4.78 is 53.7. The minimum absolute atomic E-state index is 0.0213. The van der Waals surface area contributed by atoms with Gasteiger partial charge in [0.1, 0.15) is 18.4 Å². The maximum absolute atomic E-state index is 13.1. The summed E-state index contributed by atoms with van der Waals surface area (Å²) in [6, 6.07) is 7.75. The van der Waals surface area contributed by atoms with E-state index in [1.54, 1.807) is 17.0 Å². The van der Waals surface area contributed by atoms with Gasteiger partial charge in [-0.05, 0) is 29.7 Å². The number of imide groups is 1. The highest BCUT2D eigenvalue weighted by Crippen LogP contribution is 2.34. The molecule has 33 heavy (non-hydrogen) atoms. The third kappa shape index (κ3) is 4.62. The van der Waals surface area contributed by atoms with E-state index in [0.717, 1.165) is 0 Å². The molecular weight excluding hydrogens is 422 g/mol. The summed E-state index contributed by atoms with van der Waals surface area (Å²) >= 11 is 0. The van der Waals surface area contributed by atoms with Crippen LogP contribution in [0.5, 0.6) is 5.75 Å². The summed E-state index contributed by atoms with van der Waals surface area (Å²) in [5.41, 5.74) is 0.855. The molecule has 3 amide bonds. The lowest BCUT2D eigenvalue weighted by molar-refractivity contribution is -0.136. The number of piperidine rings is 1. The normalized spacial score (nSPS) is 24.2. The molecule has 3 heterocycles. The second-order valence-electron chi connectivity index (χ2n) is 8.09. The molecule has 3 aliphatic heterocycles. The SMILES string of the molecule is [2H]c1cc(C([2H])([2H])Oc2cccc3c2CN(C2CCC(=O)NC2=O)C3=O)ccc1C([2H])([2H])N1CCOCC1. The van der Waals surface area contributed by atoms with E-state index >= 15 is 0 Å². The van der Waals surface area contributed by atoms with Gasteiger partial charge in [0.2, 0.25) is 11.8 Å². The molecule has 8 heteroatoms. The Kier molecular flexibility index (Phi) is 4.63. The van der Waals surface area contributed by atoms with E-state index in [-0.39, 0.29) is 48.2 Å². The summed E-state index contributed by atoms with van der Waals surface area (Å²) in [6.07, 6.45) is 0.329. The lowest BCUT2D eigenvalue weighted by Gasteiger charge is -2.29. The molecule has 0 spiro atoms. The van der Waals surface area contributed by atoms with Crippen LogP contribution in [0.4, 0.5) is 0 Å². The van der Waals surface area contributed by atoms with Gasteiger partial charge in [-0.3, -0.25) is 24.6 Å². The van der Waals surface area contributed by atoms with Crippen LogP contribution in [0.25, 0.3) is 0 Å². The molecule has 0 bridgehead atoms. The van der Waals surface area contributed by atoms with Crippen molar-refractivity contribution >= 4 is 17.7 Å². The highest BCUT2D eigenvalue weighted by atomic mass is 16.5. The fourth-order valence-corrected chi connectivity index (χ4v) is 4.17. The van der Waals surface area contributed by atoms with Crippen molar-refractivity contribution in [2.75, 3.05) is 26.3 Å². The number of carbonyl (C=O) groups is 3. The highest BCUT2D eigenvalue weighted by Gasteiger charge is 2.40. The number of rotatable bonds is 6. The van der Waals surface area contributed by atoms with Crippen molar-refractivity contribution in [3.63, 3.8) is 0 Å². The molecular formula is C25H27N3O5. The maximum Gasteiger partial charge on any atom is 0.255 e. The van der Waals surface area contributed by atoms with Crippen molar-refractivity contribution in [1.29, 1.82) is 0 Å². The van der Waals surface area contributed by atoms with Gasteiger partial charge in [-0.15, -0.1) is 0 Å². The lowest BCUT2D eigenvalue weighted by Crippen LogP contribution is -2.52. The van der Waals surface area contributed by atoms with E-state index in [0.29, 0.717) is 37.4 Å². The number of morpholine rings is 1. The van der Waals surface area contributed by atoms with Crippen molar-refractivity contribution in [3.8, 4) is 5.75 Å². The van der Waals surface area contributed by atoms with Gasteiger partial charge in [-0.1, -0.05) is 30.3 Å². The van der Waals surface area contributed by atoms with E-state index in [2.05, 4.69) is 5.32 Å². The number of hydrogen-bond acceptors (Lipinski definition) is 6. The van der Waals surface area contributed by atoms with Gasteiger partial charge in [0.25, 0.3) is 5.91 Å². The van der Waals surface area contributed by atoms with Crippen LogP contribution in [0, 0.1) is 0 Å². The van der Waals surface area contributed by atoms with Gasteiger partial charge in [0.15, 0.2) is 0 Å². The monoisotopic (exact) mass is 454 g/mol. The molecule has 5 rings (SSSR count). The Morgan fingerprint density at radius 3 is 2.73 bits per heavy atom. The van der Waals surface area contributed by atoms with E-state index in [9.17, 15) is 14.4 Å². The summed E-state index contributed by atoms with van der Waals surface area (Å²) in [7, 11) is 0. The highest BCUT2D eigenvalue weighted by molar-refractivity contribution is 6.05. The zero-order valence-corrected chi connectivity index (χ0v) is 17.9. The fourth-order valence-electron chi connectivity index (χ4n) is 4.17. The first-order chi connectivity index (χ1) is 18.0. The number of ether oxygens (including phenoxy) is 2. The molecule has 1 unspecified atom stereocenters. The van der Waals surface area contributed by atoms with E-state index in [1.807, 2.05) is 0 Å². The Hall–Kier alpha value is -3.23. The zero-order chi connectivity index (χ0) is 27.2. The number of amides is 3. The molecule has 0 radical (unpaired) electrons. The average molecular weight is 455 g/mol. The number of benzene rings is 2. The van der Waals surface area contributed by atoms with Crippen molar-refractivity contribution in [2.45, 2.75) is 38.5 Å². The number of hydrogen-bond donors (Lipinski definition) is 1. The third-order valence-electron chi connectivity index (χ3n) is 5.92. The second-order valence-corrected chi connectivity index (χ2v) is 8.09. The maximum atomic E-state index is 13.1. The zero-order valence-electron chi connectivity index (χ0n) is 22.9. The van der Waals surface area contributed by atoms with Crippen LogP contribution in [0.3, 0.4) is 0 Å². The molecule has 1 atom stereocenters. The van der Waals surface area contributed by atoms with Crippen LogP contribution < -0.4 is 10.1 Å². The van der Waals surface area contributed by atoms with Gasteiger partial charge in [0.05, 0.1) is 23.9 Å². The summed E-state index contributed by atoms with van der Waals surface area (Å²) in [4.78, 5) is 39.9. The van der Waals surface area contributed by atoms with Gasteiger partial charge in [0, 0.05) is 39.9 Å². The molecule has 2 aromatic carbocycles. The van der Waals surface area contributed by atoms with Gasteiger partial charge in [-0.25, -0.2) is 0 Å². The Balaban J connectivity index is 1.37. The number of carbonyl (C=O) groups excluding carboxylic acids is 3. The minimum Gasteiger partial charge on any atom is -0.489 e. The molecule has 0 aliphatic carbocycles. The first-order valence-corrected chi connectivity index (χ1v) is 10.9. The predicted molar refractivity (Wildman–Crippen MR) is 119 cm³/mol. The Labute approximate surface area is 199 Å². The van der Waals surface area contributed by atoms with Crippen molar-refractivity contribution in [2.24, 2.45) is 0 Å². The smallest absolute Gasteiger partial charge is 0.255 e. The molecule has 172 valence electrons. The van der Waals surface area contributed by atoms with E-state index in [1.165, 1.54) is 29.2 Å². The molecule has 8 nitrogen and oxygen atoms in total. The van der Waals surface area contributed by atoms with E-state index in [4.69, 9.17) is 16.3 Å². The molecule has 0 aromatic heterocycles. The first kappa shape index (κ1) is 16.4. The van der Waals surface area contributed by atoms with Gasteiger partial charge >= 0.3 is 0 Å². The van der Waals surface area contributed by atoms with Crippen molar-refractivity contribution in [3.05, 3.63) is 64.7 Å². The number of nitrogens with one attached hydrogen (secondary N) is 1. The largest absolute Gasteiger partial charge is 0.489 e. The summed E-state index contributed by atoms with van der Waals surface area (Å²) in [5, 5.41) is 2.25. The Morgan fingerprint density at radius 1 is 1.12 bits per heavy atom. The van der Waals surface area contributed by atoms with Crippen LogP contribution in [0.15, 0.2) is 42.4 Å². The number of fused-ring (bicyclic) bond motifs is 1. The van der Waals surface area contributed by atoms with Crippen LogP contribution in [0.2, 0.25) is 0 Å². The average Bonchev–Trinajstić information content (AvgIpc) is 3.21.